The summed E-state index contributed by atoms with van der Waals surface area (Å²) in [4.78, 5) is 22.5. The SMILES string of the molecule is Cc1cnc(C(=O)N2CC3CCCNC3C2)cn1. The first-order valence-corrected chi connectivity index (χ1v) is 6.55. The van der Waals surface area contributed by atoms with Crippen LogP contribution >= 0.6 is 0 Å². The highest BCUT2D eigenvalue weighted by Crippen LogP contribution is 2.25. The van der Waals surface area contributed by atoms with E-state index in [1.165, 1.54) is 12.8 Å². The molecule has 2 atom stereocenters. The maximum Gasteiger partial charge on any atom is 0.274 e. The minimum atomic E-state index is 0.0127. The van der Waals surface area contributed by atoms with Gasteiger partial charge < -0.3 is 10.2 Å². The lowest BCUT2D eigenvalue weighted by Gasteiger charge is -2.24. The molecule has 1 amide bonds. The molecule has 2 unspecified atom stereocenters. The number of hydrogen-bond donors (Lipinski definition) is 1. The van der Waals surface area contributed by atoms with Crippen LogP contribution in [0.3, 0.4) is 0 Å². The topological polar surface area (TPSA) is 58.1 Å². The number of aryl methyl sites for hydroxylation is 1. The fourth-order valence-corrected chi connectivity index (χ4v) is 2.88. The molecule has 0 radical (unpaired) electrons. The average Bonchev–Trinajstić information content (AvgIpc) is 2.82. The van der Waals surface area contributed by atoms with Gasteiger partial charge in [-0.05, 0) is 32.2 Å². The van der Waals surface area contributed by atoms with E-state index in [-0.39, 0.29) is 5.91 Å². The van der Waals surface area contributed by atoms with Gasteiger partial charge in [-0.25, -0.2) is 4.98 Å². The Morgan fingerprint density at radius 2 is 2.28 bits per heavy atom. The van der Waals surface area contributed by atoms with Crippen molar-refractivity contribution in [1.82, 2.24) is 20.2 Å². The van der Waals surface area contributed by atoms with Gasteiger partial charge in [-0.1, -0.05) is 0 Å². The quantitative estimate of drug-likeness (QED) is 0.788. The number of fused-ring (bicyclic) bond motifs is 1. The Morgan fingerprint density at radius 1 is 1.39 bits per heavy atom. The standard InChI is InChI=1S/C13H18N4O/c1-9-5-16-11(6-15-9)13(18)17-7-10-3-2-4-14-12(10)8-17/h5-6,10,12,14H,2-4,7-8H2,1H3. The van der Waals surface area contributed by atoms with Gasteiger partial charge in [0.15, 0.2) is 0 Å². The van der Waals surface area contributed by atoms with Gasteiger partial charge >= 0.3 is 0 Å². The van der Waals surface area contributed by atoms with Gasteiger partial charge in [0.1, 0.15) is 5.69 Å². The van der Waals surface area contributed by atoms with Gasteiger partial charge in [-0.2, -0.15) is 0 Å². The minimum Gasteiger partial charge on any atom is -0.335 e. The lowest BCUT2D eigenvalue weighted by molar-refractivity contribution is 0.0779. The third kappa shape index (κ3) is 2.10. The van der Waals surface area contributed by atoms with Crippen LogP contribution in [0.15, 0.2) is 12.4 Å². The molecule has 3 rings (SSSR count). The second-order valence-corrected chi connectivity index (χ2v) is 5.22. The molecule has 0 spiro atoms. The van der Waals surface area contributed by atoms with E-state index in [0.717, 1.165) is 25.3 Å². The van der Waals surface area contributed by atoms with Crippen molar-refractivity contribution in [3.05, 3.63) is 23.8 Å². The number of piperidine rings is 1. The number of nitrogens with zero attached hydrogens (tertiary/aromatic N) is 3. The van der Waals surface area contributed by atoms with Crippen LogP contribution in [0.2, 0.25) is 0 Å². The van der Waals surface area contributed by atoms with Crippen molar-refractivity contribution in [2.45, 2.75) is 25.8 Å². The fraction of sp³-hybridized carbons (Fsp3) is 0.615. The van der Waals surface area contributed by atoms with Crippen molar-refractivity contribution in [1.29, 1.82) is 0 Å². The number of likely N-dealkylation sites (tertiary alicyclic amines) is 1. The van der Waals surface area contributed by atoms with E-state index in [1.807, 2.05) is 11.8 Å². The second-order valence-electron chi connectivity index (χ2n) is 5.22. The van der Waals surface area contributed by atoms with E-state index >= 15 is 0 Å². The molecule has 0 saturated carbocycles. The number of nitrogens with one attached hydrogen (secondary N) is 1. The van der Waals surface area contributed by atoms with E-state index in [1.54, 1.807) is 12.4 Å². The van der Waals surface area contributed by atoms with Crippen LogP contribution in [0, 0.1) is 12.8 Å². The Labute approximate surface area is 107 Å². The van der Waals surface area contributed by atoms with Crippen molar-refractivity contribution < 1.29 is 4.79 Å². The highest BCUT2D eigenvalue weighted by molar-refractivity contribution is 5.92. The van der Waals surface area contributed by atoms with Gasteiger partial charge in [-0.3, -0.25) is 9.78 Å². The normalized spacial score (nSPS) is 27.1. The molecule has 2 fully saturated rings. The van der Waals surface area contributed by atoms with E-state index < -0.39 is 0 Å². The molecule has 0 aromatic carbocycles. The first-order valence-electron chi connectivity index (χ1n) is 6.55. The summed E-state index contributed by atoms with van der Waals surface area (Å²) in [5, 5.41) is 3.50. The summed E-state index contributed by atoms with van der Waals surface area (Å²) >= 11 is 0. The third-order valence-electron chi connectivity index (χ3n) is 3.89. The van der Waals surface area contributed by atoms with Crippen LogP contribution in [0.25, 0.3) is 0 Å². The monoisotopic (exact) mass is 246 g/mol. The Balaban J connectivity index is 1.72. The maximum atomic E-state index is 12.3. The van der Waals surface area contributed by atoms with Crippen molar-refractivity contribution in [3.8, 4) is 0 Å². The summed E-state index contributed by atoms with van der Waals surface area (Å²) in [5.74, 6) is 0.625. The van der Waals surface area contributed by atoms with Crippen LogP contribution in [-0.4, -0.2) is 46.5 Å². The molecule has 96 valence electrons. The molecule has 18 heavy (non-hydrogen) atoms. The van der Waals surface area contributed by atoms with Crippen molar-refractivity contribution in [2.75, 3.05) is 19.6 Å². The molecule has 0 aliphatic carbocycles. The number of aromatic nitrogens is 2. The Kier molecular flexibility index (Phi) is 2.99. The smallest absolute Gasteiger partial charge is 0.274 e. The first-order chi connectivity index (χ1) is 8.74. The maximum absolute atomic E-state index is 12.3. The zero-order chi connectivity index (χ0) is 12.5. The van der Waals surface area contributed by atoms with Gasteiger partial charge in [0.25, 0.3) is 5.91 Å². The molecule has 5 heteroatoms. The molecule has 5 nitrogen and oxygen atoms in total. The summed E-state index contributed by atoms with van der Waals surface area (Å²) in [6, 6.07) is 0.473. The predicted molar refractivity (Wildman–Crippen MR) is 67.2 cm³/mol. The zero-order valence-corrected chi connectivity index (χ0v) is 10.6. The van der Waals surface area contributed by atoms with Gasteiger partial charge in [0, 0.05) is 25.3 Å². The van der Waals surface area contributed by atoms with Gasteiger partial charge in [0.05, 0.1) is 11.9 Å². The predicted octanol–water partition coefficient (Wildman–Crippen LogP) is 0.609. The first kappa shape index (κ1) is 11.6. The Hall–Kier alpha value is -1.49. The van der Waals surface area contributed by atoms with E-state index in [2.05, 4.69) is 15.3 Å². The van der Waals surface area contributed by atoms with E-state index in [9.17, 15) is 4.79 Å². The van der Waals surface area contributed by atoms with E-state index in [0.29, 0.717) is 17.7 Å². The molecule has 2 saturated heterocycles. The van der Waals surface area contributed by atoms with Crippen LogP contribution in [-0.2, 0) is 0 Å². The molecule has 2 aliphatic rings. The van der Waals surface area contributed by atoms with Crippen molar-refractivity contribution in [3.63, 3.8) is 0 Å². The highest BCUT2D eigenvalue weighted by Gasteiger charge is 2.36. The van der Waals surface area contributed by atoms with Crippen molar-refractivity contribution in [2.24, 2.45) is 5.92 Å². The molecule has 2 aliphatic heterocycles. The summed E-state index contributed by atoms with van der Waals surface area (Å²) in [5.41, 5.74) is 1.29. The number of amides is 1. The fourth-order valence-electron chi connectivity index (χ4n) is 2.88. The molecule has 1 aromatic rings. The number of carbonyl (C=O) groups excluding carboxylic acids is 1. The summed E-state index contributed by atoms with van der Waals surface area (Å²) < 4.78 is 0. The van der Waals surface area contributed by atoms with Crippen LogP contribution in [0.1, 0.15) is 29.0 Å². The molecule has 1 aromatic heterocycles. The van der Waals surface area contributed by atoms with Crippen LogP contribution in [0.4, 0.5) is 0 Å². The second kappa shape index (κ2) is 4.65. The number of carbonyl (C=O) groups is 1. The summed E-state index contributed by atoms with van der Waals surface area (Å²) in [7, 11) is 0. The molecule has 3 heterocycles. The van der Waals surface area contributed by atoms with Gasteiger partial charge in [-0.15, -0.1) is 0 Å². The molecule has 0 bridgehead atoms. The molecular weight excluding hydrogens is 228 g/mol. The van der Waals surface area contributed by atoms with Gasteiger partial charge in [0.2, 0.25) is 0 Å². The minimum absolute atomic E-state index is 0.0127. The summed E-state index contributed by atoms with van der Waals surface area (Å²) in [6.45, 7) is 4.61. The van der Waals surface area contributed by atoms with E-state index in [4.69, 9.17) is 0 Å². The third-order valence-corrected chi connectivity index (χ3v) is 3.89. The number of rotatable bonds is 1. The summed E-state index contributed by atoms with van der Waals surface area (Å²) in [6.07, 6.45) is 5.66. The van der Waals surface area contributed by atoms with Crippen LogP contribution < -0.4 is 5.32 Å². The lowest BCUT2D eigenvalue weighted by Crippen LogP contribution is -2.41. The number of hydrogen-bond acceptors (Lipinski definition) is 4. The average molecular weight is 246 g/mol. The molecule has 1 N–H and O–H groups in total. The molecular formula is C13H18N4O. The Morgan fingerprint density at radius 3 is 3.00 bits per heavy atom. The largest absolute Gasteiger partial charge is 0.335 e. The van der Waals surface area contributed by atoms with Crippen molar-refractivity contribution >= 4 is 5.91 Å². The Bertz CT molecular complexity index is 431. The highest BCUT2D eigenvalue weighted by atomic mass is 16.2. The lowest BCUT2D eigenvalue weighted by atomic mass is 9.94. The zero-order valence-electron chi connectivity index (χ0n) is 10.6. The van der Waals surface area contributed by atoms with Crippen LogP contribution in [0.5, 0.6) is 0 Å².